The van der Waals surface area contributed by atoms with Crippen molar-refractivity contribution in [2.24, 2.45) is 5.92 Å². The number of esters is 1. The largest absolute Gasteiger partial charge is 0.461 e. The minimum atomic E-state index is -0.584. The van der Waals surface area contributed by atoms with Gasteiger partial charge in [0.05, 0.1) is 5.60 Å². The Hall–Kier alpha value is 0.160. The van der Waals surface area contributed by atoms with Gasteiger partial charge in [-0.15, -0.1) is 0 Å². The van der Waals surface area contributed by atoms with Crippen LogP contribution in [-0.4, -0.2) is 26.2 Å². The minimum absolute atomic E-state index is 0.0113. The van der Waals surface area contributed by atoms with Crippen molar-refractivity contribution in [2.75, 3.05) is 0 Å². The molecule has 0 amide bonds. The van der Waals surface area contributed by atoms with Crippen LogP contribution in [0.15, 0.2) is 0 Å². The number of carbonyl (C=O) groups is 1. The van der Waals surface area contributed by atoms with Gasteiger partial charge in [0.2, 0.25) is 0 Å². The normalized spacial score (nSPS) is 27.1. The molecular weight excluding hydrogens is 355 g/mol. The maximum atomic E-state index is 12.1. The van der Waals surface area contributed by atoms with E-state index in [-0.39, 0.29) is 18.0 Å². The Morgan fingerprint density at radius 3 is 2.32 bits per heavy atom. The molecule has 112 valence electrons. The lowest BCUT2D eigenvalue weighted by Crippen LogP contribution is -2.36. The second kappa shape index (κ2) is 6.74. The molecule has 1 aliphatic rings. The van der Waals surface area contributed by atoms with Crippen LogP contribution in [0.25, 0.3) is 0 Å². The van der Waals surface area contributed by atoms with Gasteiger partial charge in [-0.05, 0) is 51.4 Å². The molecule has 4 heteroatoms. The fraction of sp³-hybridized carbons (Fsp3) is 0.933. The van der Waals surface area contributed by atoms with Crippen molar-refractivity contribution in [1.29, 1.82) is 0 Å². The monoisotopic (exact) mass is 382 g/mol. The smallest absolute Gasteiger partial charge is 0.322 e. The SMILES string of the molecule is CCC(C)(I)C(=O)OC1CCC(C(O)(CC)CC)C1. The quantitative estimate of drug-likeness (QED) is 0.431. The maximum absolute atomic E-state index is 12.1. The third kappa shape index (κ3) is 4.06. The van der Waals surface area contributed by atoms with E-state index in [9.17, 15) is 9.90 Å². The lowest BCUT2D eigenvalue weighted by Gasteiger charge is -2.32. The molecule has 0 saturated heterocycles. The number of aliphatic hydroxyl groups is 1. The highest BCUT2D eigenvalue weighted by Crippen LogP contribution is 2.40. The molecule has 0 aliphatic heterocycles. The van der Waals surface area contributed by atoms with Crippen LogP contribution >= 0.6 is 22.6 Å². The first-order chi connectivity index (χ1) is 8.79. The number of ether oxygens (including phenoxy) is 1. The first kappa shape index (κ1) is 17.2. The molecule has 0 radical (unpaired) electrons. The Morgan fingerprint density at radius 1 is 1.26 bits per heavy atom. The predicted molar refractivity (Wildman–Crippen MR) is 85.5 cm³/mol. The van der Waals surface area contributed by atoms with Crippen molar-refractivity contribution in [3.05, 3.63) is 0 Å². The minimum Gasteiger partial charge on any atom is -0.461 e. The second-order valence-electron chi connectivity index (χ2n) is 5.90. The number of hydrogen-bond acceptors (Lipinski definition) is 3. The van der Waals surface area contributed by atoms with Gasteiger partial charge in [-0.3, -0.25) is 4.79 Å². The molecule has 0 aromatic heterocycles. The molecule has 3 nitrogen and oxygen atoms in total. The van der Waals surface area contributed by atoms with Crippen molar-refractivity contribution in [2.45, 2.75) is 81.3 Å². The molecule has 1 rings (SSSR count). The Labute approximate surface area is 130 Å². The molecule has 1 saturated carbocycles. The zero-order chi connectivity index (χ0) is 14.7. The van der Waals surface area contributed by atoms with E-state index in [0.717, 1.165) is 38.5 Å². The Morgan fingerprint density at radius 2 is 1.84 bits per heavy atom. The molecule has 0 bridgehead atoms. The summed E-state index contributed by atoms with van der Waals surface area (Å²) in [5, 5.41) is 10.5. The van der Waals surface area contributed by atoms with Gasteiger partial charge >= 0.3 is 5.97 Å². The van der Waals surface area contributed by atoms with E-state index in [2.05, 4.69) is 22.6 Å². The fourth-order valence-corrected chi connectivity index (χ4v) is 2.91. The molecular formula is C15H27IO3. The van der Waals surface area contributed by atoms with Crippen LogP contribution in [0.3, 0.4) is 0 Å². The average molecular weight is 382 g/mol. The first-order valence-electron chi connectivity index (χ1n) is 7.41. The third-order valence-corrected chi connectivity index (χ3v) is 5.94. The summed E-state index contributed by atoms with van der Waals surface area (Å²) in [6, 6.07) is 0. The van der Waals surface area contributed by atoms with Gasteiger partial charge in [-0.1, -0.05) is 43.4 Å². The van der Waals surface area contributed by atoms with E-state index in [1.807, 2.05) is 27.7 Å². The molecule has 3 unspecified atom stereocenters. The molecule has 0 aromatic carbocycles. The van der Waals surface area contributed by atoms with Crippen LogP contribution in [0.1, 0.15) is 66.2 Å². The third-order valence-electron chi connectivity index (χ3n) is 4.73. The van der Waals surface area contributed by atoms with Crippen molar-refractivity contribution in [3.8, 4) is 0 Å². The van der Waals surface area contributed by atoms with Crippen LogP contribution in [0.5, 0.6) is 0 Å². The molecule has 19 heavy (non-hydrogen) atoms. The molecule has 0 heterocycles. The van der Waals surface area contributed by atoms with E-state index < -0.39 is 9.02 Å². The van der Waals surface area contributed by atoms with Crippen molar-refractivity contribution < 1.29 is 14.6 Å². The number of alkyl halides is 1. The zero-order valence-electron chi connectivity index (χ0n) is 12.5. The Bertz CT molecular complexity index is 311. The van der Waals surface area contributed by atoms with Crippen molar-refractivity contribution in [3.63, 3.8) is 0 Å². The molecule has 0 spiro atoms. The van der Waals surface area contributed by atoms with Gasteiger partial charge in [0.25, 0.3) is 0 Å². The van der Waals surface area contributed by atoms with E-state index >= 15 is 0 Å². The van der Waals surface area contributed by atoms with E-state index in [1.165, 1.54) is 0 Å². The van der Waals surface area contributed by atoms with E-state index in [0.29, 0.717) is 0 Å². The summed E-state index contributed by atoms with van der Waals surface area (Å²) in [5.74, 6) is 0.153. The van der Waals surface area contributed by atoms with E-state index in [4.69, 9.17) is 4.74 Å². The number of carbonyl (C=O) groups excluding carboxylic acids is 1. The standard InChI is InChI=1S/C15H27IO3/c1-5-14(4,16)13(17)19-12-9-8-11(10-12)15(18,6-2)7-3/h11-12,18H,5-10H2,1-4H3. The van der Waals surface area contributed by atoms with Crippen LogP contribution < -0.4 is 0 Å². The second-order valence-corrected chi connectivity index (χ2v) is 8.28. The first-order valence-corrected chi connectivity index (χ1v) is 8.49. The van der Waals surface area contributed by atoms with Gasteiger partial charge in [0.15, 0.2) is 0 Å². The molecule has 0 aromatic rings. The maximum Gasteiger partial charge on any atom is 0.322 e. The van der Waals surface area contributed by atoms with Crippen LogP contribution in [0, 0.1) is 5.92 Å². The number of rotatable bonds is 6. The van der Waals surface area contributed by atoms with Crippen molar-refractivity contribution >= 4 is 28.6 Å². The summed E-state index contributed by atoms with van der Waals surface area (Å²) in [4.78, 5) is 12.1. The summed E-state index contributed by atoms with van der Waals surface area (Å²) >= 11 is 2.16. The summed E-state index contributed by atoms with van der Waals surface area (Å²) < 4.78 is 5.19. The Balaban J connectivity index is 2.56. The van der Waals surface area contributed by atoms with Crippen LogP contribution in [0.2, 0.25) is 0 Å². The van der Waals surface area contributed by atoms with Crippen LogP contribution in [0.4, 0.5) is 0 Å². The van der Waals surface area contributed by atoms with Crippen LogP contribution in [-0.2, 0) is 9.53 Å². The lowest BCUT2D eigenvalue weighted by atomic mass is 9.82. The van der Waals surface area contributed by atoms with Gasteiger partial charge in [0.1, 0.15) is 9.53 Å². The van der Waals surface area contributed by atoms with Gasteiger partial charge < -0.3 is 9.84 Å². The fourth-order valence-electron chi connectivity index (χ4n) is 2.78. The molecule has 1 N–H and O–H groups in total. The Kier molecular flexibility index (Phi) is 6.11. The summed E-state index contributed by atoms with van der Waals surface area (Å²) in [6.07, 6.45) is 4.95. The highest BCUT2D eigenvalue weighted by molar-refractivity contribution is 14.1. The predicted octanol–water partition coefficient (Wildman–Crippen LogP) is 3.85. The zero-order valence-corrected chi connectivity index (χ0v) is 14.7. The highest BCUT2D eigenvalue weighted by Gasteiger charge is 2.41. The highest BCUT2D eigenvalue weighted by atomic mass is 127. The van der Waals surface area contributed by atoms with Gasteiger partial charge in [-0.25, -0.2) is 0 Å². The molecule has 1 aliphatic carbocycles. The number of hydrogen-bond donors (Lipinski definition) is 1. The topological polar surface area (TPSA) is 46.5 Å². The average Bonchev–Trinajstić information content (AvgIpc) is 2.86. The summed E-state index contributed by atoms with van der Waals surface area (Å²) in [7, 11) is 0. The molecule has 1 fully saturated rings. The van der Waals surface area contributed by atoms with Crippen molar-refractivity contribution in [1.82, 2.24) is 0 Å². The lowest BCUT2D eigenvalue weighted by molar-refractivity contribution is -0.151. The van der Waals surface area contributed by atoms with Gasteiger partial charge in [0, 0.05) is 0 Å². The van der Waals surface area contributed by atoms with Gasteiger partial charge in [-0.2, -0.15) is 0 Å². The van der Waals surface area contributed by atoms with E-state index in [1.54, 1.807) is 0 Å². The molecule has 3 atom stereocenters. The number of halogens is 1. The summed E-state index contributed by atoms with van der Waals surface area (Å²) in [6.45, 7) is 7.97. The summed E-state index contributed by atoms with van der Waals surface area (Å²) in [5.41, 5.74) is -0.584.